The summed E-state index contributed by atoms with van der Waals surface area (Å²) in [4.78, 5) is 45.8. The fourth-order valence-corrected chi connectivity index (χ4v) is 6.57. The molecule has 7 atom stereocenters. The van der Waals surface area contributed by atoms with Gasteiger partial charge in [-0.05, 0) is 32.2 Å². The van der Waals surface area contributed by atoms with Crippen LogP contribution in [0.2, 0.25) is 0 Å². The Morgan fingerprint density at radius 1 is 1.03 bits per heavy atom. The quantitative estimate of drug-likeness (QED) is 0.385. The third kappa shape index (κ3) is 6.00. The van der Waals surface area contributed by atoms with E-state index in [0.717, 1.165) is 13.0 Å². The summed E-state index contributed by atoms with van der Waals surface area (Å²) in [6, 6.07) is -0.508. The van der Waals surface area contributed by atoms with E-state index in [1.54, 1.807) is 4.90 Å². The number of aliphatic hydroxyl groups excluding tert-OH is 2. The molecule has 5 aliphatic rings. The van der Waals surface area contributed by atoms with Crippen LogP contribution in [-0.4, -0.2) is 144 Å². The molecule has 0 aliphatic carbocycles. The molecule has 0 radical (unpaired) electrons. The lowest BCUT2D eigenvalue weighted by molar-refractivity contribution is -0.150. The van der Waals surface area contributed by atoms with Gasteiger partial charge < -0.3 is 39.5 Å². The number of hydrogen-bond acceptors (Lipinski definition) is 9. The predicted molar refractivity (Wildman–Crippen MR) is 134 cm³/mol. The molecule has 3 amide bonds. The molecule has 38 heavy (non-hydrogen) atoms. The molecule has 5 fully saturated rings. The van der Waals surface area contributed by atoms with Crippen LogP contribution in [0.15, 0.2) is 0 Å². The van der Waals surface area contributed by atoms with Gasteiger partial charge in [-0.25, -0.2) is 0 Å². The average molecular weight is 539 g/mol. The van der Waals surface area contributed by atoms with E-state index in [2.05, 4.69) is 17.1 Å². The van der Waals surface area contributed by atoms with Crippen molar-refractivity contribution in [3.63, 3.8) is 0 Å². The monoisotopic (exact) mass is 538 g/mol. The van der Waals surface area contributed by atoms with Gasteiger partial charge in [0.05, 0.1) is 31.3 Å². The van der Waals surface area contributed by atoms with Gasteiger partial charge in [-0.15, -0.1) is 0 Å². The van der Waals surface area contributed by atoms with Crippen LogP contribution in [0.5, 0.6) is 0 Å². The van der Waals surface area contributed by atoms with Crippen LogP contribution < -0.4 is 5.32 Å². The summed E-state index contributed by atoms with van der Waals surface area (Å²) in [6.45, 7) is 5.97. The number of amides is 3. The highest BCUT2D eigenvalue weighted by Gasteiger charge is 2.46. The Kier molecular flexibility index (Phi) is 8.85. The second kappa shape index (κ2) is 12.1. The maximum atomic E-state index is 13.7. The first-order valence-corrected chi connectivity index (χ1v) is 14.2. The average Bonchev–Trinajstić information content (AvgIpc) is 3.43. The van der Waals surface area contributed by atoms with Crippen molar-refractivity contribution in [3.05, 3.63) is 0 Å². The minimum absolute atomic E-state index is 0.0344. The highest BCUT2D eigenvalue weighted by Crippen LogP contribution is 2.28. The highest BCUT2D eigenvalue weighted by molar-refractivity contribution is 5.83. The number of carbonyl (C=O) groups is 3. The lowest BCUT2D eigenvalue weighted by Gasteiger charge is -2.39. The molecule has 12 nitrogen and oxygen atoms in total. The van der Waals surface area contributed by atoms with Crippen LogP contribution in [0.25, 0.3) is 0 Å². The van der Waals surface area contributed by atoms with E-state index in [4.69, 9.17) is 14.2 Å². The third-order valence-electron chi connectivity index (χ3n) is 8.57. The number of hydrogen-bond donors (Lipinski definition) is 3. The SMILES string of the molecule is CCCN1C[C@@H]2C[C@H]1C(=O)N1CCO[C@H](CN(C(=O)C3CCOCC3)C[C@H]3O[C@@H](CC(=O)N2)[C@H](O)[C@@H]3O)C1. The van der Waals surface area contributed by atoms with Gasteiger partial charge >= 0.3 is 0 Å². The molecule has 0 spiro atoms. The fourth-order valence-electron chi connectivity index (χ4n) is 6.57. The smallest absolute Gasteiger partial charge is 0.240 e. The van der Waals surface area contributed by atoms with Crippen molar-refractivity contribution in [1.29, 1.82) is 0 Å². The van der Waals surface area contributed by atoms with Gasteiger partial charge in [-0.3, -0.25) is 19.3 Å². The number of carbonyl (C=O) groups excluding carboxylic acids is 3. The summed E-state index contributed by atoms with van der Waals surface area (Å²) < 4.78 is 17.5. The van der Waals surface area contributed by atoms with Crippen molar-refractivity contribution in [2.24, 2.45) is 5.92 Å². The Hall–Kier alpha value is -1.83. The predicted octanol–water partition coefficient (Wildman–Crippen LogP) is -1.67. The lowest BCUT2D eigenvalue weighted by Crippen LogP contribution is -2.56. The largest absolute Gasteiger partial charge is 0.388 e. The minimum atomic E-state index is -1.24. The van der Waals surface area contributed by atoms with Crippen LogP contribution in [0.1, 0.15) is 39.0 Å². The molecule has 0 saturated carbocycles. The van der Waals surface area contributed by atoms with E-state index >= 15 is 0 Å². The summed E-state index contributed by atoms with van der Waals surface area (Å²) in [6.07, 6.45) is -2.04. The Balaban J connectivity index is 1.40. The van der Waals surface area contributed by atoms with Crippen molar-refractivity contribution < 1.29 is 38.8 Å². The van der Waals surface area contributed by atoms with E-state index in [1.807, 2.05) is 4.90 Å². The molecule has 0 aromatic heterocycles. The molecule has 5 heterocycles. The van der Waals surface area contributed by atoms with Crippen LogP contribution in [0.3, 0.4) is 0 Å². The van der Waals surface area contributed by atoms with Crippen molar-refractivity contribution in [1.82, 2.24) is 20.0 Å². The number of morpholine rings is 1. The lowest BCUT2D eigenvalue weighted by atomic mass is 9.97. The number of fused-ring (bicyclic) bond motifs is 6. The molecule has 3 N–H and O–H groups in total. The molecular formula is C26H42N4O8. The van der Waals surface area contributed by atoms with E-state index < -0.39 is 24.4 Å². The molecule has 6 bridgehead atoms. The van der Waals surface area contributed by atoms with Crippen molar-refractivity contribution in [3.8, 4) is 0 Å². The molecule has 5 saturated heterocycles. The number of nitrogens with zero attached hydrogens (tertiary/aromatic N) is 3. The molecule has 5 aliphatic heterocycles. The van der Waals surface area contributed by atoms with Gasteiger partial charge in [0, 0.05) is 57.9 Å². The number of aliphatic hydroxyl groups is 2. The second-order valence-electron chi connectivity index (χ2n) is 11.3. The van der Waals surface area contributed by atoms with Gasteiger partial charge in [0.1, 0.15) is 18.3 Å². The van der Waals surface area contributed by atoms with E-state index in [-0.39, 0.29) is 61.3 Å². The standard InChI is InChI=1S/C26H42N4O8/c1-2-5-28-12-17-10-19(28)26(35)29-6-9-37-18(13-29)14-30(25(34)16-3-7-36-8-4-16)15-21-24(33)23(32)20(38-21)11-22(31)27-17/h16-21,23-24,32-33H,2-15H2,1H3,(H,27,31)/t17-,18-,19-,20-,21+,23-,24+/m0/s1. The Morgan fingerprint density at radius 2 is 1.79 bits per heavy atom. The van der Waals surface area contributed by atoms with Crippen molar-refractivity contribution in [2.45, 2.75) is 81.6 Å². The number of ether oxygens (including phenoxy) is 3. The van der Waals surface area contributed by atoms with Gasteiger partial charge in [-0.2, -0.15) is 0 Å². The first kappa shape index (κ1) is 27.7. The Labute approximate surface area is 223 Å². The number of likely N-dealkylation sites (tertiary alicyclic amines) is 1. The van der Waals surface area contributed by atoms with Crippen LogP contribution in [0, 0.1) is 5.92 Å². The zero-order valence-corrected chi connectivity index (χ0v) is 22.2. The normalized spacial score (nSPS) is 37.9. The maximum Gasteiger partial charge on any atom is 0.240 e. The topological polar surface area (TPSA) is 141 Å². The van der Waals surface area contributed by atoms with Crippen molar-refractivity contribution >= 4 is 17.7 Å². The summed E-state index contributed by atoms with van der Waals surface area (Å²) in [5.41, 5.74) is 0. The van der Waals surface area contributed by atoms with Gasteiger partial charge in [0.25, 0.3) is 0 Å². The summed E-state index contributed by atoms with van der Waals surface area (Å²) >= 11 is 0. The van der Waals surface area contributed by atoms with Crippen LogP contribution in [-0.2, 0) is 28.6 Å². The highest BCUT2D eigenvalue weighted by atomic mass is 16.5. The second-order valence-corrected chi connectivity index (χ2v) is 11.3. The number of rotatable bonds is 3. The first-order chi connectivity index (χ1) is 18.3. The van der Waals surface area contributed by atoms with Gasteiger partial charge in [0.2, 0.25) is 17.7 Å². The zero-order valence-electron chi connectivity index (χ0n) is 22.2. The van der Waals surface area contributed by atoms with Crippen molar-refractivity contribution in [2.75, 3.05) is 59.1 Å². The van der Waals surface area contributed by atoms with Gasteiger partial charge in [0.15, 0.2) is 0 Å². The molecular weight excluding hydrogens is 496 g/mol. The van der Waals surface area contributed by atoms with Crippen LogP contribution in [0.4, 0.5) is 0 Å². The molecule has 0 aromatic rings. The zero-order chi connectivity index (χ0) is 26.8. The third-order valence-corrected chi connectivity index (χ3v) is 8.57. The summed E-state index contributed by atoms with van der Waals surface area (Å²) in [5.74, 6) is -0.531. The molecule has 5 rings (SSSR count). The van der Waals surface area contributed by atoms with E-state index in [9.17, 15) is 24.6 Å². The molecule has 0 aromatic carbocycles. The first-order valence-electron chi connectivity index (χ1n) is 14.2. The molecule has 12 heteroatoms. The molecule has 214 valence electrons. The minimum Gasteiger partial charge on any atom is -0.388 e. The fraction of sp³-hybridized carbons (Fsp3) is 0.885. The van der Waals surface area contributed by atoms with E-state index in [0.29, 0.717) is 58.7 Å². The van der Waals surface area contributed by atoms with E-state index in [1.165, 1.54) is 0 Å². The Bertz CT molecular complexity index is 870. The van der Waals surface area contributed by atoms with Gasteiger partial charge in [-0.1, -0.05) is 6.92 Å². The number of nitrogens with one attached hydrogen (secondary N) is 1. The van der Waals surface area contributed by atoms with Crippen LogP contribution >= 0.6 is 0 Å². The summed E-state index contributed by atoms with van der Waals surface area (Å²) in [5, 5.41) is 24.5. The molecule has 0 unspecified atom stereocenters. The summed E-state index contributed by atoms with van der Waals surface area (Å²) in [7, 11) is 0. The Morgan fingerprint density at radius 3 is 2.55 bits per heavy atom. The maximum absolute atomic E-state index is 13.7.